The Kier molecular flexibility index (Phi) is 7.90. The Hall–Kier alpha value is -3.15. The lowest BCUT2D eigenvalue weighted by Crippen LogP contribution is -2.36. The smallest absolute Gasteiger partial charge is 0.335 e. The highest BCUT2D eigenvalue weighted by molar-refractivity contribution is 7.56. The number of esters is 1. The van der Waals surface area contributed by atoms with Gasteiger partial charge in [-0.25, -0.2) is 9.46 Å². The summed E-state index contributed by atoms with van der Waals surface area (Å²) in [6, 6.07) is 18.4. The van der Waals surface area contributed by atoms with Crippen molar-refractivity contribution in [1.82, 2.24) is 4.67 Å². The Morgan fingerprint density at radius 1 is 1.03 bits per heavy atom. The molecule has 0 amide bonds. The molecule has 3 aromatic rings. The minimum atomic E-state index is -3.59. The van der Waals surface area contributed by atoms with Crippen molar-refractivity contribution in [3.05, 3.63) is 77.9 Å². The lowest BCUT2D eigenvalue weighted by molar-refractivity contribution is -0.147. The van der Waals surface area contributed by atoms with Gasteiger partial charge < -0.3 is 14.4 Å². The van der Waals surface area contributed by atoms with Crippen LogP contribution in [-0.2, 0) is 20.3 Å². The van der Waals surface area contributed by atoms with E-state index < -0.39 is 25.5 Å². The van der Waals surface area contributed by atoms with E-state index in [-0.39, 0.29) is 18.3 Å². The minimum Gasteiger partial charge on any atom is -0.478 e. The summed E-state index contributed by atoms with van der Waals surface area (Å²) < 4.78 is 26.9. The highest BCUT2D eigenvalue weighted by atomic mass is 31.2. The zero-order valence-electron chi connectivity index (χ0n) is 18.9. The maximum absolute atomic E-state index is 14.2. The molecule has 0 saturated carbocycles. The number of carboxylic acids is 1. The van der Waals surface area contributed by atoms with Crippen LogP contribution in [0.1, 0.15) is 36.2 Å². The number of fused-ring (bicyclic) bond motifs is 1. The molecule has 1 unspecified atom stereocenters. The third-order valence-electron chi connectivity index (χ3n) is 5.36. The number of aromatic carboxylic acids is 1. The van der Waals surface area contributed by atoms with Gasteiger partial charge in [0.25, 0.3) is 0 Å². The van der Waals surface area contributed by atoms with E-state index in [1.165, 1.54) is 4.67 Å². The van der Waals surface area contributed by atoms with Crippen molar-refractivity contribution < 1.29 is 28.5 Å². The average Bonchev–Trinajstić information content (AvgIpc) is 2.81. The van der Waals surface area contributed by atoms with E-state index in [9.17, 15) is 19.3 Å². The number of carboxylic acid groups (broad SMARTS) is 1. The summed E-state index contributed by atoms with van der Waals surface area (Å²) in [5, 5.41) is 10.9. The first-order valence-electron chi connectivity index (χ1n) is 10.7. The summed E-state index contributed by atoms with van der Waals surface area (Å²) in [4.78, 5) is 23.8. The lowest BCUT2D eigenvalue weighted by atomic mass is 10.0. The molecule has 0 aliphatic rings. The highest BCUT2D eigenvalue weighted by Crippen LogP contribution is 2.54. The molecule has 174 valence electrons. The number of hydrogen-bond donors (Lipinski definition) is 1. The fraction of sp³-hybridized carbons (Fsp3) is 0.280. The number of likely N-dealkylation sites (N-methyl/N-ethyl adjacent to an activating group) is 1. The molecule has 0 aliphatic carbocycles. The van der Waals surface area contributed by atoms with E-state index in [1.54, 1.807) is 62.5 Å². The van der Waals surface area contributed by atoms with Crippen LogP contribution in [-0.4, -0.2) is 41.4 Å². The molecule has 0 aliphatic heterocycles. The molecule has 0 heterocycles. The summed E-state index contributed by atoms with van der Waals surface area (Å²) in [6.07, 6.45) is 0.715. The molecule has 0 spiro atoms. The Bertz CT molecular complexity index is 1180. The first kappa shape index (κ1) is 24.5. The van der Waals surface area contributed by atoms with Crippen LogP contribution in [0.5, 0.6) is 5.75 Å². The normalized spacial score (nSPS) is 13.9. The number of benzene rings is 3. The van der Waals surface area contributed by atoms with Crippen molar-refractivity contribution in [2.24, 2.45) is 0 Å². The minimum absolute atomic E-state index is 0.0248. The van der Waals surface area contributed by atoms with E-state index in [0.29, 0.717) is 17.7 Å². The highest BCUT2D eigenvalue weighted by Gasteiger charge is 2.37. The third-order valence-corrected chi connectivity index (χ3v) is 7.92. The van der Waals surface area contributed by atoms with Crippen LogP contribution in [0.4, 0.5) is 0 Å². The SMILES string of the molecule is CCCOC(=O)[C@H](C)N(C)P(=O)(Cc1ccc2ccc(C(=O)O)cc2c1)Oc1ccccc1. The van der Waals surface area contributed by atoms with E-state index >= 15 is 0 Å². The summed E-state index contributed by atoms with van der Waals surface area (Å²) in [5.74, 6) is -1.06. The number of ether oxygens (including phenoxy) is 1. The molecule has 2 atom stereocenters. The van der Waals surface area contributed by atoms with Gasteiger partial charge in [-0.1, -0.05) is 49.4 Å². The van der Waals surface area contributed by atoms with Crippen LogP contribution in [0.2, 0.25) is 0 Å². The van der Waals surface area contributed by atoms with Gasteiger partial charge in [-0.2, -0.15) is 0 Å². The monoisotopic (exact) mass is 469 g/mol. The Labute approximate surface area is 193 Å². The molecule has 33 heavy (non-hydrogen) atoms. The van der Waals surface area contributed by atoms with Crippen molar-refractivity contribution in [3.63, 3.8) is 0 Å². The van der Waals surface area contributed by atoms with Crippen molar-refractivity contribution in [3.8, 4) is 5.75 Å². The molecule has 0 radical (unpaired) electrons. The summed E-state index contributed by atoms with van der Waals surface area (Å²) >= 11 is 0. The Morgan fingerprint density at radius 2 is 1.73 bits per heavy atom. The van der Waals surface area contributed by atoms with Crippen molar-refractivity contribution in [2.75, 3.05) is 13.7 Å². The van der Waals surface area contributed by atoms with Crippen LogP contribution in [0.25, 0.3) is 10.8 Å². The number of para-hydroxylation sites is 1. The Balaban J connectivity index is 1.96. The van der Waals surface area contributed by atoms with Crippen LogP contribution in [0.3, 0.4) is 0 Å². The molecule has 0 aromatic heterocycles. The van der Waals surface area contributed by atoms with Gasteiger partial charge in [0, 0.05) is 0 Å². The average molecular weight is 469 g/mol. The maximum Gasteiger partial charge on any atom is 0.335 e. The number of hydrogen-bond acceptors (Lipinski definition) is 5. The standard InChI is InChI=1S/C25H28NO6P/c1-4-14-31-25(29)18(2)26(3)33(30,32-23-8-6-5-7-9-23)17-19-10-11-20-12-13-21(24(27)28)16-22(20)15-19/h5-13,15-16,18H,4,14,17H2,1-3H3,(H,27,28)/t18-,33?/m0/s1. The van der Waals surface area contributed by atoms with E-state index in [1.807, 2.05) is 25.1 Å². The fourth-order valence-electron chi connectivity index (χ4n) is 3.35. The first-order chi connectivity index (χ1) is 15.7. The number of rotatable bonds is 10. The van der Waals surface area contributed by atoms with Crippen LogP contribution in [0.15, 0.2) is 66.7 Å². The zero-order chi connectivity index (χ0) is 24.0. The largest absolute Gasteiger partial charge is 0.478 e. The fourth-order valence-corrected chi connectivity index (χ4v) is 5.50. The van der Waals surface area contributed by atoms with Gasteiger partial charge in [0.05, 0.1) is 18.3 Å². The van der Waals surface area contributed by atoms with Gasteiger partial charge >= 0.3 is 19.5 Å². The molecule has 3 rings (SSSR count). The number of nitrogens with zero attached hydrogens (tertiary/aromatic N) is 1. The quantitative estimate of drug-likeness (QED) is 0.306. The predicted octanol–water partition coefficient (Wildman–Crippen LogP) is 5.58. The molecule has 3 aromatic carbocycles. The van der Waals surface area contributed by atoms with E-state index in [0.717, 1.165) is 10.8 Å². The predicted molar refractivity (Wildman–Crippen MR) is 128 cm³/mol. The molecule has 0 saturated heterocycles. The summed E-state index contributed by atoms with van der Waals surface area (Å²) in [7, 11) is -2.00. The third kappa shape index (κ3) is 6.01. The maximum atomic E-state index is 14.2. The van der Waals surface area contributed by atoms with E-state index in [4.69, 9.17) is 9.26 Å². The van der Waals surface area contributed by atoms with Crippen LogP contribution in [0, 0.1) is 0 Å². The first-order valence-corrected chi connectivity index (χ1v) is 12.5. The van der Waals surface area contributed by atoms with Gasteiger partial charge in [0.15, 0.2) is 0 Å². The van der Waals surface area contributed by atoms with Crippen LogP contribution < -0.4 is 4.52 Å². The topological polar surface area (TPSA) is 93.1 Å². The molecule has 7 nitrogen and oxygen atoms in total. The molecule has 1 N–H and O–H groups in total. The van der Waals surface area contributed by atoms with Gasteiger partial charge in [-0.3, -0.25) is 9.36 Å². The second-order valence-electron chi connectivity index (χ2n) is 7.82. The number of carbonyl (C=O) groups is 2. The zero-order valence-corrected chi connectivity index (χ0v) is 19.8. The summed E-state index contributed by atoms with van der Waals surface area (Å²) in [6.45, 7) is 3.83. The van der Waals surface area contributed by atoms with Crippen LogP contribution >= 0.6 is 7.52 Å². The molecular weight excluding hydrogens is 441 g/mol. The van der Waals surface area contributed by atoms with Gasteiger partial charge in [0.1, 0.15) is 11.8 Å². The van der Waals surface area contributed by atoms with Crippen molar-refractivity contribution >= 4 is 30.2 Å². The molecule has 0 fully saturated rings. The molecule has 8 heteroatoms. The van der Waals surface area contributed by atoms with Crippen molar-refractivity contribution in [1.29, 1.82) is 0 Å². The lowest BCUT2D eigenvalue weighted by Gasteiger charge is -2.31. The molecule has 0 bridgehead atoms. The second-order valence-corrected chi connectivity index (χ2v) is 10.2. The van der Waals surface area contributed by atoms with Gasteiger partial charge in [0.2, 0.25) is 0 Å². The second kappa shape index (κ2) is 10.6. The van der Waals surface area contributed by atoms with Gasteiger partial charge in [-0.15, -0.1) is 0 Å². The van der Waals surface area contributed by atoms with E-state index in [2.05, 4.69) is 0 Å². The summed E-state index contributed by atoms with van der Waals surface area (Å²) in [5.41, 5.74) is 0.873. The number of carbonyl (C=O) groups excluding carboxylic acids is 1. The van der Waals surface area contributed by atoms with Gasteiger partial charge in [-0.05, 0) is 61.0 Å². The molecular formula is C25H28NO6P. The Morgan fingerprint density at radius 3 is 2.39 bits per heavy atom. The van der Waals surface area contributed by atoms with Crippen molar-refractivity contribution in [2.45, 2.75) is 32.5 Å².